The number of hydrogen-bond acceptors (Lipinski definition) is 7. The average Bonchev–Trinajstić information content (AvgIpc) is 3.17. The smallest absolute Gasteiger partial charge is 0.339 e. The van der Waals surface area contributed by atoms with Gasteiger partial charge in [0.1, 0.15) is 17.4 Å². The first-order valence-corrected chi connectivity index (χ1v) is 9.44. The molecule has 4 aromatic rings. The molecule has 2 heterocycles. The second-order valence-electron chi connectivity index (χ2n) is 6.85. The van der Waals surface area contributed by atoms with Crippen LogP contribution < -0.4 is 4.74 Å². The number of methoxy groups -OCH3 is 1. The van der Waals surface area contributed by atoms with Gasteiger partial charge in [-0.2, -0.15) is 0 Å². The van der Waals surface area contributed by atoms with Gasteiger partial charge in [0.2, 0.25) is 5.78 Å². The van der Waals surface area contributed by atoms with Crippen molar-refractivity contribution in [1.82, 2.24) is 10.1 Å². The SMILES string of the molecule is COc1ccc(F)cc1C(=O)COC(=O)c1cc(-c2ccc(F)cc2)nc2onc(C)c12. The first-order valence-electron chi connectivity index (χ1n) is 9.44. The van der Waals surface area contributed by atoms with Gasteiger partial charge in [0.15, 0.2) is 6.61 Å². The van der Waals surface area contributed by atoms with Gasteiger partial charge in [-0.3, -0.25) is 4.79 Å². The number of benzene rings is 2. The van der Waals surface area contributed by atoms with E-state index in [0.717, 1.165) is 12.1 Å². The highest BCUT2D eigenvalue weighted by Crippen LogP contribution is 2.28. The first kappa shape index (κ1) is 21.1. The number of carbonyl (C=O) groups excluding carboxylic acids is 2. The van der Waals surface area contributed by atoms with E-state index >= 15 is 0 Å². The molecule has 0 radical (unpaired) electrons. The van der Waals surface area contributed by atoms with Crippen molar-refractivity contribution in [1.29, 1.82) is 0 Å². The number of aromatic nitrogens is 2. The normalized spacial score (nSPS) is 10.9. The molecule has 0 unspecified atom stereocenters. The number of carbonyl (C=O) groups is 2. The molecule has 0 bridgehead atoms. The Hall–Kier alpha value is -4.14. The van der Waals surface area contributed by atoms with E-state index in [-0.39, 0.29) is 22.6 Å². The molecule has 0 amide bonds. The molecule has 0 saturated carbocycles. The van der Waals surface area contributed by atoms with Crippen LogP contribution in [-0.4, -0.2) is 35.6 Å². The number of halogens is 2. The molecule has 2 aromatic carbocycles. The summed E-state index contributed by atoms with van der Waals surface area (Å²) >= 11 is 0. The summed E-state index contributed by atoms with van der Waals surface area (Å²) in [5, 5.41) is 4.16. The van der Waals surface area contributed by atoms with Crippen molar-refractivity contribution in [3.63, 3.8) is 0 Å². The second-order valence-corrected chi connectivity index (χ2v) is 6.85. The Labute approximate surface area is 180 Å². The molecule has 0 saturated heterocycles. The molecule has 0 aliphatic carbocycles. The van der Waals surface area contributed by atoms with Crippen molar-refractivity contribution in [2.75, 3.05) is 13.7 Å². The summed E-state index contributed by atoms with van der Waals surface area (Å²) in [5.41, 5.74) is 1.40. The monoisotopic (exact) mass is 438 g/mol. The van der Waals surface area contributed by atoms with Crippen molar-refractivity contribution in [2.24, 2.45) is 0 Å². The van der Waals surface area contributed by atoms with Crippen LogP contribution >= 0.6 is 0 Å². The van der Waals surface area contributed by atoms with E-state index in [1.165, 1.54) is 43.5 Å². The number of ether oxygens (including phenoxy) is 2. The van der Waals surface area contributed by atoms with Gasteiger partial charge in [-0.25, -0.2) is 18.6 Å². The lowest BCUT2D eigenvalue weighted by atomic mass is 10.1. The van der Waals surface area contributed by atoms with Gasteiger partial charge in [0.05, 0.1) is 35.0 Å². The van der Waals surface area contributed by atoms with Crippen LogP contribution in [-0.2, 0) is 4.74 Å². The summed E-state index contributed by atoms with van der Waals surface area (Å²) in [5.74, 6) is -2.35. The number of esters is 1. The van der Waals surface area contributed by atoms with Crippen molar-refractivity contribution in [3.05, 3.63) is 77.0 Å². The van der Waals surface area contributed by atoms with Gasteiger partial charge in [-0.15, -0.1) is 0 Å². The van der Waals surface area contributed by atoms with E-state index in [2.05, 4.69) is 10.1 Å². The van der Waals surface area contributed by atoms with Gasteiger partial charge < -0.3 is 14.0 Å². The zero-order valence-corrected chi connectivity index (χ0v) is 17.0. The van der Waals surface area contributed by atoms with Crippen LogP contribution in [0.3, 0.4) is 0 Å². The standard InChI is InChI=1S/C23H16F2N2O5/c1-12-21-17(10-18(26-22(21)32-27-12)13-3-5-14(24)6-4-13)23(29)31-11-19(28)16-9-15(25)7-8-20(16)30-2/h3-10H,11H2,1-2H3. The van der Waals surface area contributed by atoms with Gasteiger partial charge in [0, 0.05) is 5.56 Å². The molecule has 0 N–H and O–H groups in total. The second kappa shape index (κ2) is 8.54. The number of ketones is 1. The fraction of sp³-hybridized carbons (Fsp3) is 0.130. The summed E-state index contributed by atoms with van der Waals surface area (Å²) in [7, 11) is 1.34. The van der Waals surface area contributed by atoms with E-state index in [9.17, 15) is 18.4 Å². The number of rotatable bonds is 6. The maximum Gasteiger partial charge on any atom is 0.339 e. The van der Waals surface area contributed by atoms with Gasteiger partial charge in [-0.05, 0) is 55.5 Å². The summed E-state index contributed by atoms with van der Waals surface area (Å²) < 4.78 is 42.3. The predicted octanol–water partition coefficient (Wildman–Crippen LogP) is 4.52. The average molecular weight is 438 g/mol. The summed E-state index contributed by atoms with van der Waals surface area (Å²) in [6, 6.07) is 10.5. The number of aryl methyl sites for hydroxylation is 1. The topological polar surface area (TPSA) is 91.5 Å². The molecule has 7 nitrogen and oxygen atoms in total. The minimum atomic E-state index is -0.823. The number of pyridine rings is 1. The molecule has 4 rings (SSSR count). The highest BCUT2D eigenvalue weighted by atomic mass is 19.1. The van der Waals surface area contributed by atoms with Crippen molar-refractivity contribution >= 4 is 22.9 Å². The van der Waals surface area contributed by atoms with Crippen LogP contribution in [0.25, 0.3) is 22.4 Å². The maximum absolute atomic E-state index is 13.6. The Morgan fingerprint density at radius 3 is 2.44 bits per heavy atom. The molecule has 0 aliphatic heterocycles. The van der Waals surface area contributed by atoms with E-state index < -0.39 is 30.0 Å². The highest BCUT2D eigenvalue weighted by molar-refractivity contribution is 6.06. The number of hydrogen-bond donors (Lipinski definition) is 0. The van der Waals surface area contributed by atoms with Gasteiger partial charge >= 0.3 is 5.97 Å². The van der Waals surface area contributed by atoms with Crippen molar-refractivity contribution in [3.8, 4) is 17.0 Å². The third-order valence-electron chi connectivity index (χ3n) is 4.77. The Morgan fingerprint density at radius 2 is 1.72 bits per heavy atom. The summed E-state index contributed by atoms with van der Waals surface area (Å²) in [6.45, 7) is 0.989. The number of Topliss-reactive ketones (excluding diaryl/α,β-unsaturated/α-hetero) is 1. The zero-order valence-electron chi connectivity index (χ0n) is 17.0. The van der Waals surface area contributed by atoms with Crippen LogP contribution in [0.15, 0.2) is 53.1 Å². The Balaban J connectivity index is 1.64. The predicted molar refractivity (Wildman–Crippen MR) is 110 cm³/mol. The number of fused-ring (bicyclic) bond motifs is 1. The molecule has 0 spiro atoms. The van der Waals surface area contributed by atoms with Crippen molar-refractivity contribution < 1.29 is 32.4 Å². The lowest BCUT2D eigenvalue weighted by molar-refractivity contribution is 0.0475. The molecular formula is C23H16F2N2O5. The van der Waals surface area contributed by atoms with Gasteiger partial charge in [0.25, 0.3) is 5.71 Å². The van der Waals surface area contributed by atoms with Crippen LogP contribution in [0.1, 0.15) is 26.4 Å². The zero-order chi connectivity index (χ0) is 22.8. The fourth-order valence-corrected chi connectivity index (χ4v) is 3.21. The Bertz CT molecular complexity index is 1330. The number of nitrogens with zero attached hydrogens (tertiary/aromatic N) is 2. The first-order chi connectivity index (χ1) is 15.4. The van der Waals surface area contributed by atoms with Crippen LogP contribution in [0, 0.1) is 18.6 Å². The lowest BCUT2D eigenvalue weighted by Crippen LogP contribution is -2.16. The molecule has 2 aromatic heterocycles. The van der Waals surface area contributed by atoms with Crippen LogP contribution in [0.5, 0.6) is 5.75 Å². The van der Waals surface area contributed by atoms with Crippen LogP contribution in [0.4, 0.5) is 8.78 Å². The molecule has 9 heteroatoms. The molecular weight excluding hydrogens is 422 g/mol. The lowest BCUT2D eigenvalue weighted by Gasteiger charge is -2.10. The molecule has 162 valence electrons. The third kappa shape index (κ3) is 4.04. The Morgan fingerprint density at radius 1 is 1.00 bits per heavy atom. The van der Waals surface area contributed by atoms with Crippen molar-refractivity contribution in [2.45, 2.75) is 6.92 Å². The molecule has 0 atom stereocenters. The summed E-state index contributed by atoms with van der Waals surface area (Å²) in [6.07, 6.45) is 0. The largest absolute Gasteiger partial charge is 0.496 e. The van der Waals surface area contributed by atoms with E-state index in [0.29, 0.717) is 22.3 Å². The Kier molecular flexibility index (Phi) is 5.63. The summed E-state index contributed by atoms with van der Waals surface area (Å²) in [4.78, 5) is 29.7. The molecule has 0 aliphatic rings. The highest BCUT2D eigenvalue weighted by Gasteiger charge is 2.22. The minimum absolute atomic E-state index is 0.0478. The minimum Gasteiger partial charge on any atom is -0.496 e. The fourth-order valence-electron chi connectivity index (χ4n) is 3.21. The maximum atomic E-state index is 13.6. The quantitative estimate of drug-likeness (QED) is 0.323. The van der Waals surface area contributed by atoms with Crippen LogP contribution in [0.2, 0.25) is 0 Å². The molecule has 32 heavy (non-hydrogen) atoms. The van der Waals surface area contributed by atoms with E-state index in [1.54, 1.807) is 6.92 Å². The third-order valence-corrected chi connectivity index (χ3v) is 4.77. The van der Waals surface area contributed by atoms with Gasteiger partial charge in [-0.1, -0.05) is 5.16 Å². The van der Waals surface area contributed by atoms with E-state index in [4.69, 9.17) is 14.0 Å². The van der Waals surface area contributed by atoms with E-state index in [1.807, 2.05) is 0 Å². The molecule has 0 fully saturated rings.